The molecule has 1 heterocycles. The molecule has 0 atom stereocenters. The van der Waals surface area contributed by atoms with E-state index in [-0.39, 0.29) is 11.3 Å². The summed E-state index contributed by atoms with van der Waals surface area (Å²) in [5, 5.41) is 5.20. The van der Waals surface area contributed by atoms with Crippen LogP contribution in [-0.2, 0) is 9.53 Å². The third kappa shape index (κ3) is 4.82. The molecule has 2 aromatic rings. The lowest BCUT2D eigenvalue weighted by molar-refractivity contribution is -0.117. The number of hydrogen-bond donors (Lipinski definition) is 1. The summed E-state index contributed by atoms with van der Waals surface area (Å²) in [4.78, 5) is 24.5. The Balaban J connectivity index is 2.37. The molecule has 134 valence electrons. The Morgan fingerprint density at radius 2 is 1.76 bits per heavy atom. The minimum atomic E-state index is -0.474. The van der Waals surface area contributed by atoms with Crippen LogP contribution in [0.25, 0.3) is 11.1 Å². The number of hydrogen-bond acceptors (Lipinski definition) is 5. The second-order valence-corrected chi connectivity index (χ2v) is 7.74. The smallest absolute Gasteiger partial charge is 0.341 e. The average Bonchev–Trinajstić information content (AvgIpc) is 2.95. The Morgan fingerprint density at radius 1 is 1.12 bits per heavy atom. The molecule has 0 spiro atoms. The fourth-order valence-corrected chi connectivity index (χ4v) is 3.36. The molecule has 1 aromatic carbocycles. The molecule has 1 amide bonds. The van der Waals surface area contributed by atoms with Crippen molar-refractivity contribution in [3.8, 4) is 16.9 Å². The van der Waals surface area contributed by atoms with Gasteiger partial charge in [0, 0.05) is 17.4 Å². The fraction of sp³-hybridized carbons (Fsp3) is 0.368. The van der Waals surface area contributed by atoms with E-state index in [1.54, 1.807) is 7.11 Å². The Bertz CT molecular complexity index is 757. The maximum absolute atomic E-state index is 12.3. The van der Waals surface area contributed by atoms with E-state index in [9.17, 15) is 9.59 Å². The van der Waals surface area contributed by atoms with Gasteiger partial charge in [-0.15, -0.1) is 11.3 Å². The van der Waals surface area contributed by atoms with Crippen LogP contribution in [0.4, 0.5) is 5.00 Å². The first-order valence-corrected chi connectivity index (χ1v) is 8.77. The molecule has 0 aliphatic heterocycles. The molecule has 0 aliphatic carbocycles. The van der Waals surface area contributed by atoms with E-state index in [4.69, 9.17) is 9.47 Å². The lowest BCUT2D eigenvalue weighted by Crippen LogP contribution is -2.20. The van der Waals surface area contributed by atoms with Crippen LogP contribution in [0.15, 0.2) is 29.6 Å². The molecule has 6 heteroatoms. The van der Waals surface area contributed by atoms with E-state index in [0.29, 0.717) is 17.0 Å². The highest BCUT2D eigenvalue weighted by Gasteiger charge is 2.24. The summed E-state index contributed by atoms with van der Waals surface area (Å²) in [6, 6.07) is 7.39. The molecule has 5 nitrogen and oxygen atoms in total. The number of amides is 1. The Morgan fingerprint density at radius 3 is 2.28 bits per heavy atom. The van der Waals surface area contributed by atoms with Gasteiger partial charge in [0.15, 0.2) is 0 Å². The molecule has 0 saturated carbocycles. The van der Waals surface area contributed by atoms with E-state index in [0.717, 1.165) is 16.9 Å². The fourth-order valence-electron chi connectivity index (χ4n) is 2.39. The van der Waals surface area contributed by atoms with Crippen LogP contribution in [0.5, 0.6) is 5.75 Å². The summed E-state index contributed by atoms with van der Waals surface area (Å²) in [6.45, 7) is 5.97. The van der Waals surface area contributed by atoms with E-state index in [1.807, 2.05) is 50.4 Å². The van der Waals surface area contributed by atoms with Gasteiger partial charge in [0.1, 0.15) is 16.3 Å². The second kappa shape index (κ2) is 7.70. The third-order valence-corrected chi connectivity index (χ3v) is 4.42. The zero-order chi connectivity index (χ0) is 18.6. The number of esters is 1. The first kappa shape index (κ1) is 19.0. The highest BCUT2D eigenvalue weighted by atomic mass is 32.1. The zero-order valence-corrected chi connectivity index (χ0v) is 16.0. The molecule has 0 saturated heterocycles. The molecule has 0 bridgehead atoms. The van der Waals surface area contributed by atoms with E-state index >= 15 is 0 Å². The number of carbonyl (C=O) groups is 2. The van der Waals surface area contributed by atoms with Crippen molar-refractivity contribution in [2.24, 2.45) is 5.41 Å². The minimum Gasteiger partial charge on any atom is -0.497 e. The van der Waals surface area contributed by atoms with Gasteiger partial charge in [0.25, 0.3) is 0 Å². The van der Waals surface area contributed by atoms with Gasteiger partial charge in [0.05, 0.1) is 14.2 Å². The Kier molecular flexibility index (Phi) is 5.85. The van der Waals surface area contributed by atoms with Crippen molar-refractivity contribution < 1.29 is 19.1 Å². The molecule has 0 radical (unpaired) electrons. The molecular formula is C19H23NO4S. The molecule has 0 aliphatic rings. The maximum Gasteiger partial charge on any atom is 0.341 e. The number of rotatable bonds is 5. The lowest BCUT2D eigenvalue weighted by atomic mass is 9.92. The first-order chi connectivity index (χ1) is 11.7. The van der Waals surface area contributed by atoms with Crippen LogP contribution in [0.3, 0.4) is 0 Å². The summed E-state index contributed by atoms with van der Waals surface area (Å²) >= 11 is 1.31. The van der Waals surface area contributed by atoms with Crippen LogP contribution in [-0.4, -0.2) is 26.1 Å². The van der Waals surface area contributed by atoms with E-state index < -0.39 is 5.97 Å². The SMILES string of the molecule is COC(=O)c1c(-c2ccc(OC)cc2)csc1NC(=O)CC(C)(C)C. The van der Waals surface area contributed by atoms with E-state index in [2.05, 4.69) is 5.32 Å². The van der Waals surface area contributed by atoms with Gasteiger partial charge in [-0.1, -0.05) is 32.9 Å². The Hall–Kier alpha value is -2.34. The van der Waals surface area contributed by atoms with Crippen molar-refractivity contribution in [1.29, 1.82) is 0 Å². The van der Waals surface area contributed by atoms with Gasteiger partial charge in [-0.3, -0.25) is 4.79 Å². The molecule has 0 unspecified atom stereocenters. The van der Waals surface area contributed by atoms with Gasteiger partial charge in [0.2, 0.25) is 5.91 Å². The highest BCUT2D eigenvalue weighted by Crippen LogP contribution is 2.37. The molecule has 2 rings (SSSR count). The summed E-state index contributed by atoms with van der Waals surface area (Å²) < 4.78 is 10.1. The lowest BCUT2D eigenvalue weighted by Gasteiger charge is -2.17. The quantitative estimate of drug-likeness (QED) is 0.792. The van der Waals surface area contributed by atoms with Crippen LogP contribution >= 0.6 is 11.3 Å². The van der Waals surface area contributed by atoms with Crippen LogP contribution in [0.2, 0.25) is 0 Å². The number of ether oxygens (including phenoxy) is 2. The van der Waals surface area contributed by atoms with Crippen LogP contribution < -0.4 is 10.1 Å². The first-order valence-electron chi connectivity index (χ1n) is 7.89. The van der Waals surface area contributed by atoms with Crippen molar-refractivity contribution in [2.75, 3.05) is 19.5 Å². The van der Waals surface area contributed by atoms with E-state index in [1.165, 1.54) is 18.4 Å². The monoisotopic (exact) mass is 361 g/mol. The third-order valence-electron chi connectivity index (χ3n) is 3.53. The van der Waals surface area contributed by atoms with Crippen molar-refractivity contribution in [1.82, 2.24) is 0 Å². The summed E-state index contributed by atoms with van der Waals surface area (Å²) in [5.41, 5.74) is 1.82. The van der Waals surface area contributed by atoms with Crippen molar-refractivity contribution in [3.05, 3.63) is 35.2 Å². The van der Waals surface area contributed by atoms with Gasteiger partial charge < -0.3 is 14.8 Å². The van der Waals surface area contributed by atoms with Crippen molar-refractivity contribution >= 4 is 28.2 Å². The maximum atomic E-state index is 12.3. The standard InChI is InChI=1S/C19H23NO4S/c1-19(2,3)10-15(21)20-17-16(18(22)24-5)14(11-25-17)12-6-8-13(23-4)9-7-12/h6-9,11H,10H2,1-5H3,(H,20,21). The topological polar surface area (TPSA) is 64.6 Å². The molecule has 1 aromatic heterocycles. The number of nitrogens with one attached hydrogen (secondary N) is 1. The van der Waals surface area contributed by atoms with Crippen LogP contribution in [0.1, 0.15) is 37.6 Å². The van der Waals surface area contributed by atoms with Crippen molar-refractivity contribution in [3.63, 3.8) is 0 Å². The van der Waals surface area contributed by atoms with Gasteiger partial charge in [-0.05, 0) is 23.1 Å². The van der Waals surface area contributed by atoms with Gasteiger partial charge >= 0.3 is 5.97 Å². The molecular weight excluding hydrogens is 338 g/mol. The second-order valence-electron chi connectivity index (χ2n) is 6.86. The number of methoxy groups -OCH3 is 2. The number of carbonyl (C=O) groups excluding carboxylic acids is 2. The summed E-state index contributed by atoms with van der Waals surface area (Å²) in [7, 11) is 2.93. The van der Waals surface area contributed by atoms with Crippen molar-refractivity contribution in [2.45, 2.75) is 27.2 Å². The largest absolute Gasteiger partial charge is 0.497 e. The number of benzene rings is 1. The molecule has 0 fully saturated rings. The van der Waals surface area contributed by atoms with Gasteiger partial charge in [-0.2, -0.15) is 0 Å². The zero-order valence-electron chi connectivity index (χ0n) is 15.1. The normalized spacial score (nSPS) is 11.1. The molecule has 25 heavy (non-hydrogen) atoms. The minimum absolute atomic E-state index is 0.124. The van der Waals surface area contributed by atoms with Gasteiger partial charge in [-0.25, -0.2) is 4.79 Å². The Labute approximate surface area is 152 Å². The summed E-state index contributed by atoms with van der Waals surface area (Å²) in [6.07, 6.45) is 0.364. The predicted octanol–water partition coefficient (Wildman–Crippen LogP) is 4.59. The number of thiophene rings is 1. The highest BCUT2D eigenvalue weighted by molar-refractivity contribution is 7.15. The number of anilines is 1. The predicted molar refractivity (Wildman–Crippen MR) is 100 cm³/mol. The molecule has 1 N–H and O–H groups in total. The van der Waals surface area contributed by atoms with Crippen LogP contribution in [0, 0.1) is 5.41 Å². The summed E-state index contributed by atoms with van der Waals surface area (Å²) in [5.74, 6) is 0.135. The average molecular weight is 361 g/mol.